The minimum atomic E-state index is 0.0743. The van der Waals surface area contributed by atoms with E-state index in [1.54, 1.807) is 11.3 Å². The highest BCUT2D eigenvalue weighted by Gasteiger charge is 2.22. The van der Waals surface area contributed by atoms with Crippen molar-refractivity contribution < 1.29 is 9.53 Å². The van der Waals surface area contributed by atoms with Gasteiger partial charge in [0.2, 0.25) is 5.91 Å². The molecule has 1 fully saturated rings. The van der Waals surface area contributed by atoms with Crippen LogP contribution in [0.5, 0.6) is 0 Å². The van der Waals surface area contributed by atoms with E-state index in [9.17, 15) is 4.79 Å². The molecule has 112 valence electrons. The Kier molecular flexibility index (Phi) is 6.01. The lowest BCUT2D eigenvalue weighted by Gasteiger charge is -2.25. The van der Waals surface area contributed by atoms with E-state index in [1.807, 2.05) is 23.3 Å². The summed E-state index contributed by atoms with van der Waals surface area (Å²) in [6.07, 6.45) is 3.63. The van der Waals surface area contributed by atoms with Crippen molar-refractivity contribution in [2.24, 2.45) is 5.73 Å². The fraction of sp³-hybridized carbons (Fsp3) is 0.667. The zero-order valence-electron chi connectivity index (χ0n) is 12.1. The van der Waals surface area contributed by atoms with E-state index in [1.165, 1.54) is 4.88 Å². The molecule has 4 nitrogen and oxygen atoms in total. The van der Waals surface area contributed by atoms with Gasteiger partial charge in [0.15, 0.2) is 0 Å². The van der Waals surface area contributed by atoms with Crippen LogP contribution in [0, 0.1) is 0 Å². The molecule has 20 heavy (non-hydrogen) atoms. The molecule has 1 saturated heterocycles. The van der Waals surface area contributed by atoms with Crippen molar-refractivity contribution in [1.82, 2.24) is 4.90 Å². The molecule has 2 rings (SSSR count). The number of rotatable bonds is 7. The first-order chi connectivity index (χ1) is 9.65. The molecule has 1 aromatic heterocycles. The molecule has 0 bridgehead atoms. The van der Waals surface area contributed by atoms with Crippen LogP contribution in [0.4, 0.5) is 0 Å². The minimum absolute atomic E-state index is 0.0743. The Hall–Kier alpha value is -0.910. The van der Waals surface area contributed by atoms with E-state index in [0.29, 0.717) is 19.5 Å². The zero-order chi connectivity index (χ0) is 14.4. The van der Waals surface area contributed by atoms with Crippen LogP contribution in [-0.2, 0) is 16.1 Å². The van der Waals surface area contributed by atoms with Crippen LogP contribution in [-0.4, -0.2) is 36.1 Å². The van der Waals surface area contributed by atoms with E-state index in [0.717, 1.165) is 25.9 Å². The van der Waals surface area contributed by atoms with Crippen molar-refractivity contribution in [2.45, 2.75) is 51.3 Å². The van der Waals surface area contributed by atoms with Gasteiger partial charge in [-0.25, -0.2) is 0 Å². The molecule has 0 spiro atoms. The van der Waals surface area contributed by atoms with Gasteiger partial charge in [0.05, 0.1) is 12.6 Å². The molecule has 2 heterocycles. The molecule has 1 aliphatic heterocycles. The van der Waals surface area contributed by atoms with Gasteiger partial charge in [-0.15, -0.1) is 11.3 Å². The van der Waals surface area contributed by atoms with Crippen molar-refractivity contribution in [3.05, 3.63) is 22.4 Å². The third-order valence-electron chi connectivity index (χ3n) is 3.54. The largest absolute Gasteiger partial charge is 0.376 e. The van der Waals surface area contributed by atoms with Gasteiger partial charge in [-0.1, -0.05) is 6.07 Å². The van der Waals surface area contributed by atoms with Gasteiger partial charge in [-0.3, -0.25) is 4.79 Å². The summed E-state index contributed by atoms with van der Waals surface area (Å²) in [6, 6.07) is 4.17. The Balaban J connectivity index is 1.92. The van der Waals surface area contributed by atoms with Gasteiger partial charge in [0.1, 0.15) is 0 Å². The number of hydrogen-bond donors (Lipinski definition) is 1. The summed E-state index contributed by atoms with van der Waals surface area (Å²) in [7, 11) is 0. The smallest absolute Gasteiger partial charge is 0.223 e. The molecule has 1 amide bonds. The minimum Gasteiger partial charge on any atom is -0.376 e. The molecular weight excluding hydrogens is 272 g/mol. The van der Waals surface area contributed by atoms with Crippen molar-refractivity contribution >= 4 is 17.2 Å². The van der Waals surface area contributed by atoms with Crippen molar-refractivity contribution in [2.75, 3.05) is 13.2 Å². The topological polar surface area (TPSA) is 55.6 Å². The van der Waals surface area contributed by atoms with Crippen LogP contribution in [0.1, 0.15) is 37.5 Å². The third-order valence-corrected chi connectivity index (χ3v) is 4.40. The van der Waals surface area contributed by atoms with Crippen LogP contribution in [0.3, 0.4) is 0 Å². The number of nitrogens with zero attached hydrogens (tertiary/aromatic N) is 1. The Morgan fingerprint density at radius 1 is 1.65 bits per heavy atom. The van der Waals surface area contributed by atoms with E-state index in [2.05, 4.69) is 6.07 Å². The molecule has 2 unspecified atom stereocenters. The summed E-state index contributed by atoms with van der Waals surface area (Å²) in [5, 5.41) is 2.05. The van der Waals surface area contributed by atoms with Crippen LogP contribution < -0.4 is 5.73 Å². The van der Waals surface area contributed by atoms with Gasteiger partial charge >= 0.3 is 0 Å². The molecule has 0 aliphatic carbocycles. The highest BCUT2D eigenvalue weighted by molar-refractivity contribution is 7.09. The number of thiophene rings is 1. The monoisotopic (exact) mass is 296 g/mol. The summed E-state index contributed by atoms with van der Waals surface area (Å²) in [6.45, 7) is 4.16. The van der Waals surface area contributed by atoms with Crippen LogP contribution >= 0.6 is 11.3 Å². The number of nitrogens with two attached hydrogens (primary N) is 1. The Morgan fingerprint density at radius 2 is 2.50 bits per heavy atom. The quantitative estimate of drug-likeness (QED) is 0.840. The highest BCUT2D eigenvalue weighted by atomic mass is 32.1. The maximum absolute atomic E-state index is 12.4. The maximum atomic E-state index is 12.4. The molecule has 2 N–H and O–H groups in total. The summed E-state index contributed by atoms with van der Waals surface area (Å²) in [5.74, 6) is 0.186. The lowest BCUT2D eigenvalue weighted by molar-refractivity contribution is -0.133. The van der Waals surface area contributed by atoms with Gasteiger partial charge in [0, 0.05) is 30.5 Å². The maximum Gasteiger partial charge on any atom is 0.223 e. The lowest BCUT2D eigenvalue weighted by atomic mass is 10.1. The number of carbonyl (C=O) groups excluding carboxylic acids is 1. The fourth-order valence-corrected chi connectivity index (χ4v) is 3.11. The summed E-state index contributed by atoms with van der Waals surface area (Å²) < 4.78 is 5.66. The van der Waals surface area contributed by atoms with Crippen molar-refractivity contribution in [3.8, 4) is 0 Å². The molecule has 2 atom stereocenters. The normalized spacial score (nSPS) is 20.0. The van der Waals surface area contributed by atoms with Crippen LogP contribution in [0.15, 0.2) is 17.5 Å². The molecule has 1 aromatic rings. The molecule has 1 aliphatic rings. The first-order valence-corrected chi connectivity index (χ1v) is 8.20. The second-order valence-corrected chi connectivity index (χ2v) is 6.54. The highest BCUT2D eigenvalue weighted by Crippen LogP contribution is 2.18. The molecule has 5 heteroatoms. The predicted molar refractivity (Wildman–Crippen MR) is 81.6 cm³/mol. The number of amides is 1. The first-order valence-electron chi connectivity index (χ1n) is 7.32. The Labute approximate surface area is 124 Å². The van der Waals surface area contributed by atoms with E-state index in [-0.39, 0.29) is 18.1 Å². The summed E-state index contributed by atoms with van der Waals surface area (Å²) in [4.78, 5) is 15.5. The van der Waals surface area contributed by atoms with E-state index >= 15 is 0 Å². The second kappa shape index (κ2) is 7.76. The van der Waals surface area contributed by atoms with E-state index in [4.69, 9.17) is 10.5 Å². The van der Waals surface area contributed by atoms with Gasteiger partial charge < -0.3 is 15.4 Å². The number of hydrogen-bond acceptors (Lipinski definition) is 4. The number of carbonyl (C=O) groups is 1. The van der Waals surface area contributed by atoms with Gasteiger partial charge in [-0.2, -0.15) is 0 Å². The molecular formula is C15H24N2O2S. The average Bonchev–Trinajstić information content (AvgIpc) is 3.08. The standard InChI is InChI=1S/C15H24N2O2S/c1-12(16)6-7-15(18)17(10-13-4-2-8-19-13)11-14-5-3-9-20-14/h3,5,9,12-13H,2,4,6-8,10-11,16H2,1H3. The Morgan fingerprint density at radius 3 is 3.10 bits per heavy atom. The van der Waals surface area contributed by atoms with Gasteiger partial charge in [-0.05, 0) is 37.6 Å². The zero-order valence-corrected chi connectivity index (χ0v) is 12.9. The first kappa shape index (κ1) is 15.5. The molecule has 0 saturated carbocycles. The summed E-state index contributed by atoms with van der Waals surface area (Å²) >= 11 is 1.69. The second-order valence-electron chi connectivity index (χ2n) is 5.50. The van der Waals surface area contributed by atoms with Crippen LogP contribution in [0.25, 0.3) is 0 Å². The molecule has 0 radical (unpaired) electrons. The third kappa shape index (κ3) is 4.89. The van der Waals surface area contributed by atoms with Crippen molar-refractivity contribution in [3.63, 3.8) is 0 Å². The van der Waals surface area contributed by atoms with E-state index < -0.39 is 0 Å². The van der Waals surface area contributed by atoms with Crippen molar-refractivity contribution in [1.29, 1.82) is 0 Å². The van der Waals surface area contributed by atoms with Crippen LogP contribution in [0.2, 0.25) is 0 Å². The predicted octanol–water partition coefficient (Wildman–Crippen LogP) is 2.38. The number of ether oxygens (including phenoxy) is 1. The lowest BCUT2D eigenvalue weighted by Crippen LogP contribution is -2.37. The SMILES string of the molecule is CC(N)CCC(=O)N(Cc1cccs1)CC1CCCO1. The fourth-order valence-electron chi connectivity index (χ4n) is 2.39. The van der Waals surface area contributed by atoms with Gasteiger partial charge in [0.25, 0.3) is 0 Å². The summed E-state index contributed by atoms with van der Waals surface area (Å²) in [5.41, 5.74) is 5.75. The molecule has 0 aromatic carbocycles. The Bertz CT molecular complexity index is 400. The average molecular weight is 296 g/mol.